The molecule has 0 radical (unpaired) electrons. The predicted molar refractivity (Wildman–Crippen MR) is 85.5 cm³/mol. The zero-order valence-corrected chi connectivity index (χ0v) is 13.0. The molecule has 0 aliphatic rings. The number of aliphatic hydroxyl groups is 1. The Morgan fingerprint density at radius 1 is 1.35 bits per heavy atom. The maximum absolute atomic E-state index is 12.6. The van der Waals surface area contributed by atoms with Crippen molar-refractivity contribution in [3.8, 4) is 0 Å². The van der Waals surface area contributed by atoms with Gasteiger partial charge in [-0.2, -0.15) is 11.8 Å². The number of ketones is 1. The van der Waals surface area contributed by atoms with Gasteiger partial charge >= 0.3 is 0 Å². The lowest BCUT2D eigenvalue weighted by atomic mass is 10.1. The van der Waals surface area contributed by atoms with E-state index in [9.17, 15) is 4.79 Å². The minimum Gasteiger partial charge on any atom is -0.396 e. The quantitative estimate of drug-likeness (QED) is 0.802. The van der Waals surface area contributed by atoms with Crippen LogP contribution in [0.15, 0.2) is 24.3 Å². The average molecular weight is 291 g/mol. The fourth-order valence-corrected chi connectivity index (χ4v) is 3.23. The molecule has 0 aliphatic heterocycles. The van der Waals surface area contributed by atoms with Gasteiger partial charge in [-0.05, 0) is 31.6 Å². The number of para-hydroxylation sites is 1. The van der Waals surface area contributed by atoms with E-state index in [4.69, 9.17) is 5.11 Å². The van der Waals surface area contributed by atoms with Crippen LogP contribution in [0, 0.1) is 12.8 Å². The minimum atomic E-state index is -0.0955. The summed E-state index contributed by atoms with van der Waals surface area (Å²) >= 11 is 1.61. The molecule has 0 bridgehead atoms. The number of thioether (sulfide) groups is 1. The lowest BCUT2D eigenvalue weighted by Gasteiger charge is -2.13. The van der Waals surface area contributed by atoms with Crippen molar-refractivity contribution in [1.82, 2.24) is 4.98 Å². The number of benzene rings is 1. The van der Waals surface area contributed by atoms with E-state index in [1.807, 2.05) is 45.0 Å². The summed E-state index contributed by atoms with van der Waals surface area (Å²) in [5.74, 6) is 1.18. The van der Waals surface area contributed by atoms with Crippen LogP contribution in [-0.2, 0) is 0 Å². The normalized spacial score (nSPS) is 14.4. The number of hydrogen-bond acceptors (Lipinski definition) is 3. The first-order valence-corrected chi connectivity index (χ1v) is 7.93. The van der Waals surface area contributed by atoms with E-state index in [2.05, 4.69) is 4.98 Å². The second kappa shape index (κ2) is 6.46. The third kappa shape index (κ3) is 3.07. The van der Waals surface area contributed by atoms with Crippen LogP contribution in [-0.4, -0.2) is 33.5 Å². The van der Waals surface area contributed by atoms with Crippen LogP contribution in [0.1, 0.15) is 29.9 Å². The molecule has 20 heavy (non-hydrogen) atoms. The molecule has 0 amide bonds. The van der Waals surface area contributed by atoms with Crippen LogP contribution < -0.4 is 0 Å². The van der Waals surface area contributed by atoms with Gasteiger partial charge < -0.3 is 10.1 Å². The lowest BCUT2D eigenvalue weighted by Crippen LogP contribution is -2.17. The molecular formula is C16H21NO2S. The third-order valence-corrected chi connectivity index (χ3v) is 4.93. The Kier molecular flexibility index (Phi) is 4.89. The lowest BCUT2D eigenvalue weighted by molar-refractivity contribution is 0.0995. The fourth-order valence-electron chi connectivity index (χ4n) is 2.23. The molecule has 2 unspecified atom stereocenters. The Bertz CT molecular complexity index is 606. The number of fused-ring (bicyclic) bond motifs is 1. The molecule has 2 N–H and O–H groups in total. The first-order valence-electron chi connectivity index (χ1n) is 6.88. The monoisotopic (exact) mass is 291 g/mol. The van der Waals surface area contributed by atoms with Crippen LogP contribution in [0.25, 0.3) is 10.9 Å². The maximum Gasteiger partial charge on any atom is 0.177 e. The van der Waals surface area contributed by atoms with E-state index >= 15 is 0 Å². The molecule has 108 valence electrons. The van der Waals surface area contributed by atoms with Crippen LogP contribution in [0.5, 0.6) is 0 Å². The highest BCUT2D eigenvalue weighted by Crippen LogP contribution is 2.27. The summed E-state index contributed by atoms with van der Waals surface area (Å²) < 4.78 is 0. The number of rotatable bonds is 6. The van der Waals surface area contributed by atoms with Gasteiger partial charge in [0.15, 0.2) is 5.78 Å². The number of carbonyl (C=O) groups excluding carboxylic acids is 1. The number of aromatic amines is 1. The van der Waals surface area contributed by atoms with E-state index in [0.717, 1.165) is 27.9 Å². The highest BCUT2D eigenvalue weighted by atomic mass is 32.2. The van der Waals surface area contributed by atoms with Crippen molar-refractivity contribution in [2.75, 3.05) is 12.4 Å². The van der Waals surface area contributed by atoms with Crippen molar-refractivity contribution < 1.29 is 9.90 Å². The third-order valence-electron chi connectivity index (χ3n) is 3.45. The molecule has 0 fully saturated rings. The van der Waals surface area contributed by atoms with Gasteiger partial charge in [0, 0.05) is 28.8 Å². The highest BCUT2D eigenvalue weighted by Gasteiger charge is 2.22. The van der Waals surface area contributed by atoms with Crippen LogP contribution in [0.3, 0.4) is 0 Å². The first kappa shape index (κ1) is 15.1. The fraction of sp³-hybridized carbons (Fsp3) is 0.438. The van der Waals surface area contributed by atoms with E-state index in [0.29, 0.717) is 0 Å². The van der Waals surface area contributed by atoms with Gasteiger partial charge in [-0.25, -0.2) is 0 Å². The average Bonchev–Trinajstić information content (AvgIpc) is 2.79. The van der Waals surface area contributed by atoms with E-state index < -0.39 is 0 Å². The summed E-state index contributed by atoms with van der Waals surface area (Å²) in [5, 5.41) is 9.95. The molecule has 1 aromatic heterocycles. The molecule has 1 aromatic carbocycles. The van der Waals surface area contributed by atoms with Crippen molar-refractivity contribution in [3.63, 3.8) is 0 Å². The second-order valence-electron chi connectivity index (χ2n) is 5.30. The van der Waals surface area contributed by atoms with Gasteiger partial charge in [0.2, 0.25) is 0 Å². The zero-order chi connectivity index (χ0) is 14.7. The summed E-state index contributed by atoms with van der Waals surface area (Å²) in [6, 6.07) is 7.90. The molecule has 2 aromatic rings. The Morgan fingerprint density at radius 3 is 2.75 bits per heavy atom. The van der Waals surface area contributed by atoms with Gasteiger partial charge in [-0.3, -0.25) is 4.79 Å². The number of carbonyl (C=O) groups is 1. The molecular weight excluding hydrogens is 270 g/mol. The van der Waals surface area contributed by atoms with Gasteiger partial charge in [-0.15, -0.1) is 0 Å². The minimum absolute atomic E-state index is 0.0955. The summed E-state index contributed by atoms with van der Waals surface area (Å²) in [7, 11) is 0. The summed E-state index contributed by atoms with van der Waals surface area (Å²) in [5.41, 5.74) is 2.74. The van der Waals surface area contributed by atoms with Gasteiger partial charge in [0.05, 0.1) is 5.25 Å². The van der Waals surface area contributed by atoms with Crippen molar-refractivity contribution in [2.24, 2.45) is 5.92 Å². The number of nitrogens with one attached hydrogen (secondary N) is 1. The molecule has 4 heteroatoms. The van der Waals surface area contributed by atoms with Crippen LogP contribution in [0.4, 0.5) is 0 Å². The molecule has 0 spiro atoms. The van der Waals surface area contributed by atoms with Crippen molar-refractivity contribution in [3.05, 3.63) is 35.5 Å². The van der Waals surface area contributed by atoms with Crippen molar-refractivity contribution in [1.29, 1.82) is 0 Å². The molecule has 0 saturated carbocycles. The topological polar surface area (TPSA) is 53.1 Å². The highest BCUT2D eigenvalue weighted by molar-refractivity contribution is 8.00. The molecule has 1 heterocycles. The van der Waals surface area contributed by atoms with Crippen LogP contribution in [0.2, 0.25) is 0 Å². The smallest absolute Gasteiger partial charge is 0.177 e. The first-order chi connectivity index (χ1) is 9.54. The number of hydrogen-bond donors (Lipinski definition) is 2. The standard InChI is InChI=1S/C16H21NO2S/c1-10(8-18)9-20-12(3)16(19)15-11(2)17-14-7-5-4-6-13(14)15/h4-7,10,12,17-18H,8-9H2,1-3H3. The van der Waals surface area contributed by atoms with Crippen LogP contribution >= 0.6 is 11.8 Å². The maximum atomic E-state index is 12.6. The number of aliphatic hydroxyl groups excluding tert-OH is 1. The van der Waals surface area contributed by atoms with Gasteiger partial charge in [0.25, 0.3) is 0 Å². The summed E-state index contributed by atoms with van der Waals surface area (Å²) in [6.07, 6.45) is 0. The summed E-state index contributed by atoms with van der Waals surface area (Å²) in [4.78, 5) is 15.9. The van der Waals surface area contributed by atoms with E-state index in [-0.39, 0.29) is 23.6 Å². The summed E-state index contributed by atoms with van der Waals surface area (Å²) in [6.45, 7) is 6.04. The number of aryl methyl sites for hydroxylation is 1. The number of Topliss-reactive ketones (excluding diaryl/α,β-unsaturated/α-hetero) is 1. The number of H-pyrrole nitrogens is 1. The SMILES string of the molecule is Cc1[nH]c2ccccc2c1C(=O)C(C)SCC(C)CO. The molecule has 2 rings (SSSR count). The molecule has 2 atom stereocenters. The van der Waals surface area contributed by atoms with Crippen molar-refractivity contribution >= 4 is 28.4 Å². The van der Waals surface area contributed by atoms with Gasteiger partial charge in [-0.1, -0.05) is 25.1 Å². The Morgan fingerprint density at radius 2 is 2.05 bits per heavy atom. The Balaban J connectivity index is 2.20. The zero-order valence-electron chi connectivity index (χ0n) is 12.1. The molecule has 3 nitrogen and oxygen atoms in total. The Hall–Kier alpha value is -1.26. The predicted octanol–water partition coefficient (Wildman–Crippen LogP) is 3.41. The molecule has 0 saturated heterocycles. The number of aromatic nitrogens is 1. The largest absolute Gasteiger partial charge is 0.396 e. The van der Waals surface area contributed by atoms with E-state index in [1.165, 1.54) is 0 Å². The second-order valence-corrected chi connectivity index (χ2v) is 6.67. The van der Waals surface area contributed by atoms with E-state index in [1.54, 1.807) is 11.8 Å². The Labute approximate surface area is 123 Å². The van der Waals surface area contributed by atoms with Crippen molar-refractivity contribution in [2.45, 2.75) is 26.0 Å². The van der Waals surface area contributed by atoms with Gasteiger partial charge in [0.1, 0.15) is 0 Å². The molecule has 0 aliphatic carbocycles.